The van der Waals surface area contributed by atoms with Crippen LogP contribution in [0.15, 0.2) is 30.7 Å². The number of imidazole rings is 1. The zero-order valence-electron chi connectivity index (χ0n) is 11.3. The third-order valence-electron chi connectivity index (χ3n) is 3.06. The van der Waals surface area contributed by atoms with E-state index in [1.165, 1.54) is 12.3 Å². The number of halogens is 1. The van der Waals surface area contributed by atoms with E-state index >= 15 is 0 Å². The fourth-order valence-electron chi connectivity index (χ4n) is 1.97. The molecule has 0 saturated carbocycles. The van der Waals surface area contributed by atoms with Crippen LogP contribution in [0.1, 0.15) is 30.9 Å². The normalized spacial score (nSPS) is 12.6. The Kier molecular flexibility index (Phi) is 4.63. The van der Waals surface area contributed by atoms with Crippen molar-refractivity contribution in [1.29, 1.82) is 0 Å². The second-order valence-corrected chi connectivity index (χ2v) is 4.57. The Balaban J connectivity index is 2.15. The summed E-state index contributed by atoms with van der Waals surface area (Å²) in [5.41, 5.74) is 0.845. The molecule has 0 aromatic carbocycles. The summed E-state index contributed by atoms with van der Waals surface area (Å²) in [6.07, 6.45) is 6.74. The fourth-order valence-corrected chi connectivity index (χ4v) is 1.97. The van der Waals surface area contributed by atoms with E-state index in [0.29, 0.717) is 0 Å². The second kappa shape index (κ2) is 6.43. The standard InChI is InChI=1S/C14H19FN4/c1-3-6-16-13(9-14-17-7-8-19(14)2)12-5-4-11(15)10-18-12/h4-5,7-8,10,13,16H,3,6,9H2,1-2H3. The predicted molar refractivity (Wildman–Crippen MR) is 72.1 cm³/mol. The lowest BCUT2D eigenvalue weighted by Crippen LogP contribution is -2.26. The Bertz CT molecular complexity index is 506. The van der Waals surface area contributed by atoms with Crippen LogP contribution < -0.4 is 5.32 Å². The van der Waals surface area contributed by atoms with Gasteiger partial charge in [0.2, 0.25) is 0 Å². The topological polar surface area (TPSA) is 42.7 Å². The Morgan fingerprint density at radius 1 is 1.37 bits per heavy atom. The zero-order valence-corrected chi connectivity index (χ0v) is 11.3. The Morgan fingerprint density at radius 3 is 2.79 bits per heavy atom. The molecule has 0 aliphatic carbocycles. The van der Waals surface area contributed by atoms with Crippen LogP contribution in [0.25, 0.3) is 0 Å². The molecule has 0 aliphatic heterocycles. The first-order valence-electron chi connectivity index (χ1n) is 6.51. The van der Waals surface area contributed by atoms with E-state index < -0.39 is 0 Å². The van der Waals surface area contributed by atoms with Gasteiger partial charge in [0.1, 0.15) is 11.6 Å². The Hall–Kier alpha value is -1.75. The van der Waals surface area contributed by atoms with Crippen LogP contribution in [0.2, 0.25) is 0 Å². The maximum atomic E-state index is 12.9. The monoisotopic (exact) mass is 262 g/mol. The summed E-state index contributed by atoms with van der Waals surface area (Å²) in [5, 5.41) is 3.43. The van der Waals surface area contributed by atoms with Gasteiger partial charge in [0, 0.05) is 25.9 Å². The van der Waals surface area contributed by atoms with Gasteiger partial charge in [-0.05, 0) is 25.1 Å². The molecule has 0 aliphatic rings. The molecule has 0 amide bonds. The molecule has 1 N–H and O–H groups in total. The predicted octanol–water partition coefficient (Wildman–Crippen LogP) is 2.24. The molecule has 0 radical (unpaired) electrons. The molecule has 0 spiro atoms. The summed E-state index contributed by atoms with van der Waals surface area (Å²) in [5.74, 6) is 0.676. The van der Waals surface area contributed by atoms with Crippen LogP contribution in [0.5, 0.6) is 0 Å². The highest BCUT2D eigenvalue weighted by Gasteiger charge is 2.15. The van der Waals surface area contributed by atoms with E-state index in [9.17, 15) is 4.39 Å². The molecular weight excluding hydrogens is 243 g/mol. The molecule has 4 nitrogen and oxygen atoms in total. The van der Waals surface area contributed by atoms with E-state index in [2.05, 4.69) is 22.2 Å². The summed E-state index contributed by atoms with van der Waals surface area (Å²) in [7, 11) is 1.97. The smallest absolute Gasteiger partial charge is 0.141 e. The van der Waals surface area contributed by atoms with Gasteiger partial charge in [-0.25, -0.2) is 9.37 Å². The minimum Gasteiger partial charge on any atom is -0.338 e. The van der Waals surface area contributed by atoms with Crippen molar-refractivity contribution in [2.75, 3.05) is 6.54 Å². The molecule has 2 rings (SSSR count). The summed E-state index contributed by atoms with van der Waals surface area (Å²) in [6, 6.07) is 3.23. The Morgan fingerprint density at radius 2 is 2.21 bits per heavy atom. The minimum absolute atomic E-state index is 0.0571. The lowest BCUT2D eigenvalue weighted by atomic mass is 10.1. The van der Waals surface area contributed by atoms with E-state index in [0.717, 1.165) is 30.9 Å². The van der Waals surface area contributed by atoms with Crippen molar-refractivity contribution in [3.63, 3.8) is 0 Å². The highest BCUT2D eigenvalue weighted by Crippen LogP contribution is 2.15. The number of pyridine rings is 1. The quantitative estimate of drug-likeness (QED) is 0.868. The summed E-state index contributed by atoms with van der Waals surface area (Å²) < 4.78 is 14.9. The molecule has 1 unspecified atom stereocenters. The molecule has 102 valence electrons. The number of hydrogen-bond acceptors (Lipinski definition) is 3. The highest BCUT2D eigenvalue weighted by atomic mass is 19.1. The van der Waals surface area contributed by atoms with Crippen LogP contribution in [-0.4, -0.2) is 21.1 Å². The van der Waals surface area contributed by atoms with E-state index in [1.807, 2.05) is 17.8 Å². The lowest BCUT2D eigenvalue weighted by molar-refractivity contribution is 0.498. The van der Waals surface area contributed by atoms with E-state index in [1.54, 1.807) is 12.3 Å². The van der Waals surface area contributed by atoms with Crippen LogP contribution in [-0.2, 0) is 13.5 Å². The van der Waals surface area contributed by atoms with Gasteiger partial charge in [0.05, 0.1) is 17.9 Å². The molecule has 0 fully saturated rings. The SMILES string of the molecule is CCCNC(Cc1nccn1C)c1ccc(F)cn1. The average molecular weight is 262 g/mol. The second-order valence-electron chi connectivity index (χ2n) is 4.57. The lowest BCUT2D eigenvalue weighted by Gasteiger charge is -2.17. The van der Waals surface area contributed by atoms with Gasteiger partial charge in [0.15, 0.2) is 0 Å². The number of aromatic nitrogens is 3. The van der Waals surface area contributed by atoms with Crippen molar-refractivity contribution in [3.05, 3.63) is 48.1 Å². The van der Waals surface area contributed by atoms with Crippen molar-refractivity contribution in [2.24, 2.45) is 7.05 Å². The van der Waals surface area contributed by atoms with Crippen LogP contribution in [0.3, 0.4) is 0 Å². The summed E-state index contributed by atoms with van der Waals surface area (Å²) in [4.78, 5) is 8.50. The first kappa shape index (κ1) is 13.7. The third-order valence-corrected chi connectivity index (χ3v) is 3.06. The van der Waals surface area contributed by atoms with Crippen molar-refractivity contribution in [3.8, 4) is 0 Å². The van der Waals surface area contributed by atoms with Crippen LogP contribution in [0.4, 0.5) is 4.39 Å². The van der Waals surface area contributed by atoms with Gasteiger partial charge in [-0.15, -0.1) is 0 Å². The minimum atomic E-state index is -0.310. The number of rotatable bonds is 6. The summed E-state index contributed by atoms with van der Waals surface area (Å²) >= 11 is 0. The van der Waals surface area contributed by atoms with Crippen molar-refractivity contribution >= 4 is 0 Å². The first-order valence-corrected chi connectivity index (χ1v) is 6.51. The molecule has 1 atom stereocenters. The van der Waals surface area contributed by atoms with E-state index in [4.69, 9.17) is 0 Å². The van der Waals surface area contributed by atoms with Gasteiger partial charge in [0.25, 0.3) is 0 Å². The molecular formula is C14H19FN4. The fraction of sp³-hybridized carbons (Fsp3) is 0.429. The molecule has 2 heterocycles. The number of nitrogens with one attached hydrogen (secondary N) is 1. The van der Waals surface area contributed by atoms with Gasteiger partial charge in [-0.1, -0.05) is 6.92 Å². The maximum absolute atomic E-state index is 12.9. The van der Waals surface area contributed by atoms with Crippen molar-refractivity contribution < 1.29 is 4.39 Å². The van der Waals surface area contributed by atoms with Crippen LogP contribution >= 0.6 is 0 Å². The van der Waals surface area contributed by atoms with Crippen molar-refractivity contribution in [1.82, 2.24) is 19.9 Å². The van der Waals surface area contributed by atoms with Gasteiger partial charge < -0.3 is 9.88 Å². The number of hydrogen-bond donors (Lipinski definition) is 1. The van der Waals surface area contributed by atoms with Crippen molar-refractivity contribution in [2.45, 2.75) is 25.8 Å². The Labute approximate surface area is 112 Å². The molecule has 2 aromatic heterocycles. The molecule has 2 aromatic rings. The number of nitrogens with zero attached hydrogens (tertiary/aromatic N) is 3. The average Bonchev–Trinajstić information content (AvgIpc) is 2.81. The molecule has 5 heteroatoms. The van der Waals surface area contributed by atoms with E-state index in [-0.39, 0.29) is 11.9 Å². The largest absolute Gasteiger partial charge is 0.338 e. The highest BCUT2D eigenvalue weighted by molar-refractivity contribution is 5.12. The van der Waals surface area contributed by atoms with Gasteiger partial charge >= 0.3 is 0 Å². The summed E-state index contributed by atoms with van der Waals surface area (Å²) in [6.45, 7) is 3.01. The molecule has 0 bridgehead atoms. The van der Waals surface area contributed by atoms with Crippen LogP contribution in [0, 0.1) is 5.82 Å². The molecule has 19 heavy (non-hydrogen) atoms. The maximum Gasteiger partial charge on any atom is 0.141 e. The van der Waals surface area contributed by atoms with Gasteiger partial charge in [-0.3, -0.25) is 4.98 Å². The number of aryl methyl sites for hydroxylation is 1. The zero-order chi connectivity index (χ0) is 13.7. The van der Waals surface area contributed by atoms with Gasteiger partial charge in [-0.2, -0.15) is 0 Å². The third kappa shape index (κ3) is 3.61. The molecule has 0 saturated heterocycles. The first-order chi connectivity index (χ1) is 9.20.